The first-order valence-electron chi connectivity index (χ1n) is 6.86. The van der Waals surface area contributed by atoms with Crippen molar-refractivity contribution >= 4 is 11.9 Å². The maximum absolute atomic E-state index is 11.8. The molecule has 1 amide bonds. The van der Waals surface area contributed by atoms with Gasteiger partial charge in [0.2, 0.25) is 5.91 Å². The quantitative estimate of drug-likeness (QED) is 0.681. The SMILES string of the molecule is O=C(CC1CCCN1)NCC1(C(=O)O)CCCC1. The first-order chi connectivity index (χ1) is 8.62. The summed E-state index contributed by atoms with van der Waals surface area (Å²) in [6.45, 7) is 1.27. The summed E-state index contributed by atoms with van der Waals surface area (Å²) in [5, 5.41) is 15.4. The molecule has 0 aromatic rings. The van der Waals surface area contributed by atoms with E-state index < -0.39 is 11.4 Å². The van der Waals surface area contributed by atoms with Gasteiger partial charge in [-0.05, 0) is 32.2 Å². The number of amides is 1. The number of carboxylic acids is 1. The van der Waals surface area contributed by atoms with E-state index in [0.717, 1.165) is 32.2 Å². The molecule has 0 aromatic heterocycles. The van der Waals surface area contributed by atoms with Crippen LogP contribution in [0.25, 0.3) is 0 Å². The van der Waals surface area contributed by atoms with E-state index >= 15 is 0 Å². The van der Waals surface area contributed by atoms with Crippen LogP contribution in [0, 0.1) is 5.41 Å². The van der Waals surface area contributed by atoms with Gasteiger partial charge in [-0.2, -0.15) is 0 Å². The molecule has 0 aromatic carbocycles. The van der Waals surface area contributed by atoms with E-state index in [4.69, 9.17) is 0 Å². The van der Waals surface area contributed by atoms with Gasteiger partial charge >= 0.3 is 5.97 Å². The molecule has 1 saturated carbocycles. The Morgan fingerprint density at radius 3 is 2.56 bits per heavy atom. The zero-order chi connectivity index (χ0) is 13.0. The Labute approximate surface area is 107 Å². The lowest BCUT2D eigenvalue weighted by Crippen LogP contribution is -2.42. The van der Waals surface area contributed by atoms with Crippen LogP contribution in [0.5, 0.6) is 0 Å². The van der Waals surface area contributed by atoms with Crippen molar-refractivity contribution in [1.29, 1.82) is 0 Å². The Hall–Kier alpha value is -1.10. The molecule has 1 unspecified atom stereocenters. The van der Waals surface area contributed by atoms with Crippen molar-refractivity contribution in [3.63, 3.8) is 0 Å². The molecule has 1 atom stereocenters. The smallest absolute Gasteiger partial charge is 0.311 e. The number of nitrogens with one attached hydrogen (secondary N) is 2. The Morgan fingerprint density at radius 2 is 2.00 bits per heavy atom. The van der Waals surface area contributed by atoms with Gasteiger partial charge in [0.05, 0.1) is 5.41 Å². The summed E-state index contributed by atoms with van der Waals surface area (Å²) >= 11 is 0. The van der Waals surface area contributed by atoms with Gasteiger partial charge < -0.3 is 15.7 Å². The van der Waals surface area contributed by atoms with Crippen molar-refractivity contribution in [3.8, 4) is 0 Å². The second kappa shape index (κ2) is 5.69. The zero-order valence-electron chi connectivity index (χ0n) is 10.7. The van der Waals surface area contributed by atoms with Crippen LogP contribution in [0.1, 0.15) is 44.9 Å². The molecular weight excluding hydrogens is 232 g/mol. The maximum Gasteiger partial charge on any atom is 0.311 e. The van der Waals surface area contributed by atoms with Gasteiger partial charge in [0.25, 0.3) is 0 Å². The highest BCUT2D eigenvalue weighted by atomic mass is 16.4. The fourth-order valence-corrected chi connectivity index (χ4v) is 3.01. The first-order valence-corrected chi connectivity index (χ1v) is 6.86. The number of carboxylic acid groups (broad SMARTS) is 1. The van der Waals surface area contributed by atoms with Crippen LogP contribution in [0.3, 0.4) is 0 Å². The second-order valence-electron chi connectivity index (χ2n) is 5.57. The van der Waals surface area contributed by atoms with Gasteiger partial charge in [0.1, 0.15) is 0 Å². The minimum Gasteiger partial charge on any atom is -0.481 e. The predicted molar refractivity (Wildman–Crippen MR) is 67.2 cm³/mol. The average molecular weight is 254 g/mol. The molecule has 3 N–H and O–H groups in total. The van der Waals surface area contributed by atoms with Gasteiger partial charge in [-0.3, -0.25) is 9.59 Å². The molecule has 5 nitrogen and oxygen atoms in total. The molecule has 1 heterocycles. The van der Waals surface area contributed by atoms with E-state index in [9.17, 15) is 14.7 Å². The van der Waals surface area contributed by atoms with Gasteiger partial charge in [-0.15, -0.1) is 0 Å². The van der Waals surface area contributed by atoms with Crippen LogP contribution < -0.4 is 10.6 Å². The van der Waals surface area contributed by atoms with Crippen LogP contribution >= 0.6 is 0 Å². The Morgan fingerprint density at radius 1 is 1.28 bits per heavy atom. The summed E-state index contributed by atoms with van der Waals surface area (Å²) in [6.07, 6.45) is 5.90. The number of rotatable bonds is 5. The molecule has 0 bridgehead atoms. The number of carbonyl (C=O) groups excluding carboxylic acids is 1. The fraction of sp³-hybridized carbons (Fsp3) is 0.846. The molecule has 2 fully saturated rings. The number of hydrogen-bond donors (Lipinski definition) is 3. The molecule has 2 aliphatic rings. The highest BCUT2D eigenvalue weighted by Gasteiger charge is 2.41. The predicted octanol–water partition coefficient (Wildman–Crippen LogP) is 0.890. The first kappa shape index (κ1) is 13.3. The minimum absolute atomic E-state index is 0.0260. The number of aliphatic carboxylic acids is 1. The maximum atomic E-state index is 11.8. The highest BCUT2D eigenvalue weighted by Crippen LogP contribution is 2.37. The summed E-state index contributed by atoms with van der Waals surface area (Å²) in [4.78, 5) is 23.1. The summed E-state index contributed by atoms with van der Waals surface area (Å²) in [5.74, 6) is -0.791. The van der Waals surface area contributed by atoms with Crippen LogP contribution in [-0.2, 0) is 9.59 Å². The third kappa shape index (κ3) is 3.02. The molecule has 5 heteroatoms. The molecule has 2 rings (SSSR count). The molecule has 102 valence electrons. The average Bonchev–Trinajstić information content (AvgIpc) is 2.97. The van der Waals surface area contributed by atoms with E-state index in [-0.39, 0.29) is 18.5 Å². The Bertz CT molecular complexity index is 318. The molecule has 1 aliphatic carbocycles. The normalized spacial score (nSPS) is 26.1. The van der Waals surface area contributed by atoms with Gasteiger partial charge in [-0.25, -0.2) is 0 Å². The van der Waals surface area contributed by atoms with E-state index in [2.05, 4.69) is 10.6 Å². The largest absolute Gasteiger partial charge is 0.481 e. The second-order valence-corrected chi connectivity index (χ2v) is 5.57. The van der Waals surface area contributed by atoms with Gasteiger partial charge in [0, 0.05) is 19.0 Å². The lowest BCUT2D eigenvalue weighted by molar-refractivity contribution is -0.148. The monoisotopic (exact) mass is 254 g/mol. The van der Waals surface area contributed by atoms with Crippen molar-refractivity contribution in [3.05, 3.63) is 0 Å². The van der Waals surface area contributed by atoms with Crippen molar-refractivity contribution in [1.82, 2.24) is 10.6 Å². The van der Waals surface area contributed by atoms with Crippen LogP contribution in [-0.4, -0.2) is 36.1 Å². The lowest BCUT2D eigenvalue weighted by Gasteiger charge is -2.24. The summed E-state index contributed by atoms with van der Waals surface area (Å²) in [6, 6.07) is 0.273. The minimum atomic E-state index is -0.765. The highest BCUT2D eigenvalue weighted by molar-refractivity contribution is 5.79. The molecular formula is C13H22N2O3. The van der Waals surface area contributed by atoms with Crippen molar-refractivity contribution in [2.75, 3.05) is 13.1 Å². The van der Waals surface area contributed by atoms with Crippen molar-refractivity contribution < 1.29 is 14.7 Å². The lowest BCUT2D eigenvalue weighted by atomic mass is 9.86. The van der Waals surface area contributed by atoms with Crippen LogP contribution in [0.4, 0.5) is 0 Å². The molecule has 0 spiro atoms. The summed E-state index contributed by atoms with van der Waals surface area (Å²) in [7, 11) is 0. The molecule has 0 radical (unpaired) electrons. The summed E-state index contributed by atoms with van der Waals surface area (Å²) < 4.78 is 0. The third-order valence-electron chi connectivity index (χ3n) is 4.23. The third-order valence-corrected chi connectivity index (χ3v) is 4.23. The van der Waals surface area contributed by atoms with E-state index in [1.54, 1.807) is 0 Å². The molecule has 1 saturated heterocycles. The van der Waals surface area contributed by atoms with Crippen LogP contribution in [0.2, 0.25) is 0 Å². The van der Waals surface area contributed by atoms with E-state index in [1.807, 2.05) is 0 Å². The molecule has 18 heavy (non-hydrogen) atoms. The number of carbonyl (C=O) groups is 2. The van der Waals surface area contributed by atoms with Gasteiger partial charge in [-0.1, -0.05) is 12.8 Å². The van der Waals surface area contributed by atoms with Gasteiger partial charge in [0.15, 0.2) is 0 Å². The Kier molecular flexibility index (Phi) is 4.22. The van der Waals surface area contributed by atoms with Crippen molar-refractivity contribution in [2.24, 2.45) is 5.41 Å². The Balaban J connectivity index is 1.78. The standard InChI is InChI=1S/C13H22N2O3/c16-11(8-10-4-3-7-14-10)15-9-13(12(17)18)5-1-2-6-13/h10,14H,1-9H2,(H,15,16)(H,17,18). The zero-order valence-corrected chi connectivity index (χ0v) is 10.7. The van der Waals surface area contributed by atoms with E-state index in [0.29, 0.717) is 19.3 Å². The summed E-state index contributed by atoms with van der Waals surface area (Å²) in [5.41, 5.74) is -0.710. The topological polar surface area (TPSA) is 78.4 Å². The van der Waals surface area contributed by atoms with E-state index in [1.165, 1.54) is 0 Å². The van der Waals surface area contributed by atoms with Crippen LogP contribution in [0.15, 0.2) is 0 Å². The fourth-order valence-electron chi connectivity index (χ4n) is 3.01. The molecule has 1 aliphatic heterocycles. The van der Waals surface area contributed by atoms with Crippen molar-refractivity contribution in [2.45, 2.75) is 51.0 Å². The number of hydrogen-bond acceptors (Lipinski definition) is 3.